The molecule has 7 nitrogen and oxygen atoms in total. The summed E-state index contributed by atoms with van der Waals surface area (Å²) in [6.07, 6.45) is 3.08. The Bertz CT molecular complexity index is 881. The van der Waals surface area contributed by atoms with Crippen LogP contribution in [0.15, 0.2) is 18.2 Å². The summed E-state index contributed by atoms with van der Waals surface area (Å²) in [5.74, 6) is 1.83. The van der Waals surface area contributed by atoms with Crippen molar-refractivity contribution >= 4 is 11.7 Å². The topological polar surface area (TPSA) is 108 Å². The molecule has 0 saturated heterocycles. The van der Waals surface area contributed by atoms with Crippen LogP contribution in [0.4, 0.5) is 0 Å². The summed E-state index contributed by atoms with van der Waals surface area (Å²) >= 11 is 0. The highest BCUT2D eigenvalue weighted by molar-refractivity contribution is 5.84. The molecular formula is C32H55NO6. The zero-order valence-corrected chi connectivity index (χ0v) is 25.9. The molecule has 7 heteroatoms. The standard InChI is InChI=1S/C32H55NO6/c1-21(2)25(18-24-11-12-29(38-9)30(19-24)39-16-10-15-37-8)17-23(5)28(35)20-26(22(3)4)27(34)13-14-32(6,7)31(33)36/h11-12,19,21-23,25-26,28,35H,10,13-18,20H2,1-9H3,(H2,33,36)/t23-,25+,26-,28-/m0/s1. The molecule has 0 heterocycles. The van der Waals surface area contributed by atoms with E-state index in [1.807, 2.05) is 19.9 Å². The van der Waals surface area contributed by atoms with Crippen LogP contribution in [0.25, 0.3) is 0 Å². The minimum absolute atomic E-state index is 0.0384. The van der Waals surface area contributed by atoms with Gasteiger partial charge in [0.05, 0.1) is 19.8 Å². The molecule has 0 aliphatic carbocycles. The van der Waals surface area contributed by atoms with Gasteiger partial charge in [-0.15, -0.1) is 0 Å². The van der Waals surface area contributed by atoms with Crippen molar-refractivity contribution in [2.45, 2.75) is 93.1 Å². The van der Waals surface area contributed by atoms with E-state index in [1.54, 1.807) is 28.1 Å². The Hall–Kier alpha value is -2.12. The Balaban J connectivity index is 2.87. The normalized spacial score (nSPS) is 15.2. The highest BCUT2D eigenvalue weighted by Crippen LogP contribution is 2.34. The molecule has 224 valence electrons. The van der Waals surface area contributed by atoms with Gasteiger partial charge in [-0.3, -0.25) is 9.59 Å². The second-order valence-corrected chi connectivity index (χ2v) is 12.5. The second-order valence-electron chi connectivity index (χ2n) is 12.5. The van der Waals surface area contributed by atoms with E-state index in [0.717, 1.165) is 25.0 Å². The molecule has 0 aliphatic rings. The van der Waals surface area contributed by atoms with Crippen LogP contribution in [0.5, 0.6) is 11.5 Å². The molecule has 0 radical (unpaired) electrons. The van der Waals surface area contributed by atoms with E-state index in [-0.39, 0.29) is 23.5 Å². The molecule has 0 unspecified atom stereocenters. The molecule has 3 N–H and O–H groups in total. The van der Waals surface area contributed by atoms with E-state index in [9.17, 15) is 14.7 Å². The predicted octanol–water partition coefficient (Wildman–Crippen LogP) is 5.84. The van der Waals surface area contributed by atoms with Gasteiger partial charge in [0.2, 0.25) is 5.91 Å². The SMILES string of the molecule is COCCCOc1cc(C[C@@H](C[C@H](C)[C@@H](O)C[C@H](C(=O)CCC(C)(C)C(N)=O)C(C)C)C(C)C)ccc1OC. The lowest BCUT2D eigenvalue weighted by Gasteiger charge is -2.30. The average Bonchev–Trinajstić information content (AvgIpc) is 2.87. The van der Waals surface area contributed by atoms with Gasteiger partial charge in [-0.2, -0.15) is 0 Å². The molecule has 1 aromatic rings. The molecule has 1 aromatic carbocycles. The van der Waals surface area contributed by atoms with Crippen LogP contribution in [0, 0.1) is 35.0 Å². The van der Waals surface area contributed by atoms with E-state index >= 15 is 0 Å². The van der Waals surface area contributed by atoms with Gasteiger partial charge in [0.25, 0.3) is 0 Å². The third-order valence-electron chi connectivity index (χ3n) is 8.13. The number of Topliss-reactive ketones (excluding diaryl/α,β-unsaturated/α-hetero) is 1. The van der Waals surface area contributed by atoms with Crippen LogP contribution in [0.2, 0.25) is 0 Å². The minimum atomic E-state index is -0.718. The summed E-state index contributed by atoms with van der Waals surface area (Å²) in [7, 11) is 3.32. The lowest BCUT2D eigenvalue weighted by Crippen LogP contribution is -2.34. The number of hydrogen-bond acceptors (Lipinski definition) is 6. The van der Waals surface area contributed by atoms with Crippen molar-refractivity contribution in [1.29, 1.82) is 0 Å². The molecule has 4 atom stereocenters. The molecule has 39 heavy (non-hydrogen) atoms. The number of nitrogens with two attached hydrogens (primary N) is 1. The lowest BCUT2D eigenvalue weighted by atomic mass is 9.76. The van der Waals surface area contributed by atoms with Crippen LogP contribution in [0.1, 0.15) is 86.1 Å². The van der Waals surface area contributed by atoms with Gasteiger partial charge >= 0.3 is 0 Å². The van der Waals surface area contributed by atoms with Crippen molar-refractivity contribution in [2.75, 3.05) is 27.4 Å². The van der Waals surface area contributed by atoms with Gasteiger partial charge in [-0.1, -0.05) is 54.5 Å². The van der Waals surface area contributed by atoms with Gasteiger partial charge in [0.15, 0.2) is 11.5 Å². The number of methoxy groups -OCH3 is 2. The molecule has 1 amide bonds. The summed E-state index contributed by atoms with van der Waals surface area (Å²) in [4.78, 5) is 24.8. The second kappa shape index (κ2) is 16.9. The Morgan fingerprint density at radius 2 is 1.64 bits per heavy atom. The fraction of sp³-hybridized carbons (Fsp3) is 0.750. The van der Waals surface area contributed by atoms with Crippen LogP contribution in [-0.4, -0.2) is 50.3 Å². The predicted molar refractivity (Wildman–Crippen MR) is 157 cm³/mol. The molecule has 0 spiro atoms. The number of carbonyl (C=O) groups is 2. The van der Waals surface area contributed by atoms with Crippen molar-refractivity contribution in [2.24, 2.45) is 40.7 Å². The zero-order valence-electron chi connectivity index (χ0n) is 25.9. The van der Waals surface area contributed by atoms with E-state index in [4.69, 9.17) is 19.9 Å². The number of primary amides is 1. The first-order valence-electron chi connectivity index (χ1n) is 14.5. The first-order chi connectivity index (χ1) is 18.2. The molecular weight excluding hydrogens is 494 g/mol. The fourth-order valence-corrected chi connectivity index (χ4v) is 4.89. The number of benzene rings is 1. The van der Waals surface area contributed by atoms with Crippen LogP contribution in [0.3, 0.4) is 0 Å². The van der Waals surface area contributed by atoms with Crippen molar-refractivity contribution in [3.63, 3.8) is 0 Å². The van der Waals surface area contributed by atoms with Crippen LogP contribution < -0.4 is 15.2 Å². The molecule has 0 bridgehead atoms. The number of aliphatic hydroxyl groups is 1. The van der Waals surface area contributed by atoms with Crippen molar-refractivity contribution < 1.29 is 28.9 Å². The Morgan fingerprint density at radius 1 is 0.974 bits per heavy atom. The minimum Gasteiger partial charge on any atom is -0.493 e. The summed E-state index contributed by atoms with van der Waals surface area (Å²) in [5, 5.41) is 11.2. The van der Waals surface area contributed by atoms with Crippen LogP contribution >= 0.6 is 0 Å². The Labute approximate surface area is 237 Å². The maximum atomic E-state index is 13.1. The van der Waals surface area contributed by atoms with Gasteiger partial charge in [0, 0.05) is 37.9 Å². The third kappa shape index (κ3) is 11.9. The Morgan fingerprint density at radius 3 is 2.18 bits per heavy atom. The highest BCUT2D eigenvalue weighted by Gasteiger charge is 2.32. The highest BCUT2D eigenvalue weighted by atomic mass is 16.5. The Kier molecular flexibility index (Phi) is 15.1. The summed E-state index contributed by atoms with van der Waals surface area (Å²) in [5.41, 5.74) is 5.94. The molecule has 0 aliphatic heterocycles. The summed E-state index contributed by atoms with van der Waals surface area (Å²) < 4.78 is 16.6. The maximum absolute atomic E-state index is 13.1. The van der Waals surface area contributed by atoms with Crippen molar-refractivity contribution in [3.05, 3.63) is 23.8 Å². The smallest absolute Gasteiger partial charge is 0.223 e. The largest absolute Gasteiger partial charge is 0.493 e. The van der Waals surface area contributed by atoms with E-state index in [0.29, 0.717) is 50.1 Å². The molecule has 0 aromatic heterocycles. The monoisotopic (exact) mass is 549 g/mol. The number of rotatable bonds is 20. The van der Waals surface area contributed by atoms with E-state index in [1.165, 1.54) is 5.56 Å². The number of aliphatic hydroxyl groups excluding tert-OH is 1. The number of carbonyl (C=O) groups excluding carboxylic acids is 2. The number of ether oxygens (including phenoxy) is 3. The first kappa shape index (κ1) is 34.9. The summed E-state index contributed by atoms with van der Waals surface area (Å²) in [6.45, 7) is 15.3. The van der Waals surface area contributed by atoms with Crippen molar-refractivity contribution in [1.82, 2.24) is 0 Å². The van der Waals surface area contributed by atoms with Gasteiger partial charge in [-0.25, -0.2) is 0 Å². The van der Waals surface area contributed by atoms with E-state index < -0.39 is 17.4 Å². The molecule has 0 saturated carbocycles. The average molecular weight is 550 g/mol. The maximum Gasteiger partial charge on any atom is 0.223 e. The number of ketones is 1. The van der Waals surface area contributed by atoms with Gasteiger partial charge < -0.3 is 25.1 Å². The third-order valence-corrected chi connectivity index (χ3v) is 8.13. The van der Waals surface area contributed by atoms with Crippen LogP contribution in [-0.2, 0) is 20.7 Å². The molecule has 0 fully saturated rings. The quantitative estimate of drug-likeness (QED) is 0.198. The van der Waals surface area contributed by atoms with Crippen molar-refractivity contribution in [3.8, 4) is 11.5 Å². The van der Waals surface area contributed by atoms with Gasteiger partial charge in [0.1, 0.15) is 5.78 Å². The fourth-order valence-electron chi connectivity index (χ4n) is 4.89. The first-order valence-corrected chi connectivity index (χ1v) is 14.5. The zero-order chi connectivity index (χ0) is 29.8. The number of hydrogen-bond donors (Lipinski definition) is 2. The van der Waals surface area contributed by atoms with E-state index in [2.05, 4.69) is 32.9 Å². The summed E-state index contributed by atoms with van der Waals surface area (Å²) in [6, 6.07) is 6.09. The number of amides is 1. The van der Waals surface area contributed by atoms with Gasteiger partial charge in [-0.05, 0) is 67.1 Å². The lowest BCUT2D eigenvalue weighted by molar-refractivity contribution is -0.129. The molecule has 1 rings (SSSR count).